The van der Waals surface area contributed by atoms with Gasteiger partial charge in [0, 0.05) is 36.0 Å². The summed E-state index contributed by atoms with van der Waals surface area (Å²) < 4.78 is 54.8. The SMILES string of the molecule is N#Cc1cc2c(Oc3ccc(NC(=O)Nc4ccc(F)cc4F)c(F)c3)ccnc2cc1OCCn1ccnn1. The summed E-state index contributed by atoms with van der Waals surface area (Å²) >= 11 is 0. The van der Waals surface area contributed by atoms with E-state index < -0.39 is 23.5 Å². The number of hydrogen-bond acceptors (Lipinski definition) is 7. The molecular weight excluding hydrogens is 527 g/mol. The molecule has 2 N–H and O–H groups in total. The summed E-state index contributed by atoms with van der Waals surface area (Å²) in [5.41, 5.74) is 0.254. The molecule has 5 aromatic rings. The number of halogens is 3. The Kier molecular flexibility index (Phi) is 7.41. The number of carbonyl (C=O) groups excluding carboxylic acids is 1. The summed E-state index contributed by atoms with van der Waals surface area (Å²) in [6.07, 6.45) is 4.73. The zero-order valence-corrected chi connectivity index (χ0v) is 20.4. The van der Waals surface area contributed by atoms with Crippen LogP contribution in [0.25, 0.3) is 10.9 Å². The van der Waals surface area contributed by atoms with Crippen molar-refractivity contribution in [1.29, 1.82) is 5.26 Å². The molecule has 2 aromatic heterocycles. The molecule has 40 heavy (non-hydrogen) atoms. The van der Waals surface area contributed by atoms with E-state index in [1.54, 1.807) is 35.3 Å². The van der Waals surface area contributed by atoms with Crippen molar-refractivity contribution in [2.24, 2.45) is 0 Å². The van der Waals surface area contributed by atoms with Crippen molar-refractivity contribution in [3.8, 4) is 23.3 Å². The topological polar surface area (TPSA) is 127 Å². The Hall–Kier alpha value is -5.64. The van der Waals surface area contributed by atoms with E-state index in [4.69, 9.17) is 9.47 Å². The largest absolute Gasteiger partial charge is 0.490 e. The van der Waals surface area contributed by atoms with E-state index in [1.165, 1.54) is 18.3 Å². The van der Waals surface area contributed by atoms with Crippen molar-refractivity contribution in [3.63, 3.8) is 0 Å². The number of anilines is 2. The lowest BCUT2D eigenvalue weighted by atomic mass is 10.1. The number of aromatic nitrogens is 4. The Morgan fingerprint density at radius 2 is 1.73 bits per heavy atom. The fourth-order valence-corrected chi connectivity index (χ4v) is 3.70. The number of urea groups is 1. The summed E-state index contributed by atoms with van der Waals surface area (Å²) in [5, 5.41) is 22.2. The van der Waals surface area contributed by atoms with Gasteiger partial charge in [-0.25, -0.2) is 22.6 Å². The van der Waals surface area contributed by atoms with E-state index in [-0.39, 0.29) is 29.3 Å². The normalized spacial score (nSPS) is 10.7. The third-order valence-corrected chi connectivity index (χ3v) is 5.57. The van der Waals surface area contributed by atoms with Crippen LogP contribution in [0.5, 0.6) is 17.2 Å². The minimum absolute atomic E-state index is 0.104. The number of nitrogens with zero attached hydrogens (tertiary/aromatic N) is 5. The molecule has 0 spiro atoms. The number of amides is 2. The predicted molar refractivity (Wildman–Crippen MR) is 137 cm³/mol. The van der Waals surface area contributed by atoms with Crippen LogP contribution in [0.2, 0.25) is 0 Å². The monoisotopic (exact) mass is 545 g/mol. The molecular formula is C27H18F3N7O3. The number of nitriles is 1. The zero-order chi connectivity index (χ0) is 28.1. The smallest absolute Gasteiger partial charge is 0.323 e. The second kappa shape index (κ2) is 11.4. The highest BCUT2D eigenvalue weighted by molar-refractivity contribution is 6.00. The number of ether oxygens (including phenoxy) is 2. The summed E-state index contributed by atoms with van der Waals surface area (Å²) in [6.45, 7) is 0.678. The van der Waals surface area contributed by atoms with Crippen LogP contribution in [0.1, 0.15) is 5.56 Å². The molecule has 13 heteroatoms. The van der Waals surface area contributed by atoms with E-state index >= 15 is 0 Å². The van der Waals surface area contributed by atoms with Crippen molar-refractivity contribution >= 4 is 28.3 Å². The molecule has 0 atom stereocenters. The molecule has 0 fully saturated rings. The number of fused-ring (bicyclic) bond motifs is 1. The van der Waals surface area contributed by atoms with E-state index in [0.717, 1.165) is 18.2 Å². The molecule has 2 amide bonds. The second-order valence-electron chi connectivity index (χ2n) is 8.25. The average molecular weight is 545 g/mol. The highest BCUT2D eigenvalue weighted by Crippen LogP contribution is 2.34. The number of rotatable bonds is 8. The summed E-state index contributed by atoms with van der Waals surface area (Å²) in [5.74, 6) is -1.86. The maximum Gasteiger partial charge on any atom is 0.323 e. The molecule has 0 aliphatic heterocycles. The number of carbonyl (C=O) groups is 1. The number of nitrogens with one attached hydrogen (secondary N) is 2. The number of hydrogen-bond donors (Lipinski definition) is 2. The third kappa shape index (κ3) is 5.91. The lowest BCUT2D eigenvalue weighted by Gasteiger charge is -2.13. The summed E-state index contributed by atoms with van der Waals surface area (Å²) in [6, 6.07) is 12.2. The van der Waals surface area contributed by atoms with Gasteiger partial charge in [0.15, 0.2) is 0 Å². The second-order valence-corrected chi connectivity index (χ2v) is 8.25. The highest BCUT2D eigenvalue weighted by atomic mass is 19.1. The minimum Gasteiger partial charge on any atom is -0.490 e. The first-order chi connectivity index (χ1) is 19.4. The first kappa shape index (κ1) is 26.0. The number of benzene rings is 3. The van der Waals surface area contributed by atoms with Crippen LogP contribution < -0.4 is 20.1 Å². The molecule has 5 rings (SSSR count). The van der Waals surface area contributed by atoms with E-state index in [2.05, 4.69) is 32.0 Å². The molecule has 0 unspecified atom stereocenters. The van der Waals surface area contributed by atoms with Crippen LogP contribution in [0.4, 0.5) is 29.3 Å². The lowest BCUT2D eigenvalue weighted by Crippen LogP contribution is -2.20. The highest BCUT2D eigenvalue weighted by Gasteiger charge is 2.14. The first-order valence-electron chi connectivity index (χ1n) is 11.7. The summed E-state index contributed by atoms with van der Waals surface area (Å²) in [4.78, 5) is 16.5. The van der Waals surface area contributed by atoms with Gasteiger partial charge in [-0.1, -0.05) is 5.21 Å². The molecule has 0 aliphatic carbocycles. The minimum atomic E-state index is -0.978. The molecule has 0 radical (unpaired) electrons. The van der Waals surface area contributed by atoms with Crippen LogP contribution in [-0.4, -0.2) is 32.6 Å². The Balaban J connectivity index is 1.30. The van der Waals surface area contributed by atoms with Gasteiger partial charge in [0.05, 0.1) is 35.2 Å². The van der Waals surface area contributed by atoms with Gasteiger partial charge in [0.25, 0.3) is 0 Å². The van der Waals surface area contributed by atoms with Crippen molar-refractivity contribution in [2.45, 2.75) is 6.54 Å². The fraction of sp³-hybridized carbons (Fsp3) is 0.0741. The standard InChI is InChI=1S/C27H18F3N7O3/c28-17-1-3-22(20(29)12-17)34-27(38)35-23-4-2-18(13-21(23)30)40-25-5-6-32-24-14-26(16(15-31)11-19(24)25)39-10-9-37-8-7-33-36-37/h1-8,11-14H,9-10H2,(H2,34,35,38). The Morgan fingerprint density at radius 1 is 0.950 bits per heavy atom. The molecule has 0 bridgehead atoms. The lowest BCUT2D eigenvalue weighted by molar-refractivity contribution is 0.262. The van der Waals surface area contributed by atoms with Gasteiger partial charge in [0.1, 0.15) is 47.4 Å². The van der Waals surface area contributed by atoms with E-state index in [9.17, 15) is 23.2 Å². The maximum atomic E-state index is 14.8. The molecule has 2 heterocycles. The Bertz CT molecular complexity index is 1740. The van der Waals surface area contributed by atoms with Crippen LogP contribution in [-0.2, 0) is 6.54 Å². The van der Waals surface area contributed by atoms with Crippen molar-refractivity contribution in [1.82, 2.24) is 20.0 Å². The third-order valence-electron chi connectivity index (χ3n) is 5.57. The van der Waals surface area contributed by atoms with E-state index in [1.807, 2.05) is 0 Å². The van der Waals surface area contributed by atoms with Gasteiger partial charge >= 0.3 is 6.03 Å². The molecule has 3 aromatic carbocycles. The molecule has 200 valence electrons. The molecule has 0 saturated carbocycles. The Labute approximate surface area is 224 Å². The van der Waals surface area contributed by atoms with Crippen molar-refractivity contribution in [2.75, 3.05) is 17.2 Å². The molecule has 0 aliphatic rings. The van der Waals surface area contributed by atoms with Gasteiger partial charge in [-0.05, 0) is 36.4 Å². The quantitative estimate of drug-likeness (QED) is 0.259. The van der Waals surface area contributed by atoms with Gasteiger partial charge in [-0.15, -0.1) is 5.10 Å². The van der Waals surface area contributed by atoms with Gasteiger partial charge in [0.2, 0.25) is 0 Å². The van der Waals surface area contributed by atoms with Crippen molar-refractivity contribution < 1.29 is 27.4 Å². The first-order valence-corrected chi connectivity index (χ1v) is 11.7. The molecule has 10 nitrogen and oxygen atoms in total. The van der Waals surface area contributed by atoms with Crippen LogP contribution in [0.15, 0.2) is 73.2 Å². The molecule has 0 saturated heterocycles. The fourth-order valence-electron chi connectivity index (χ4n) is 3.70. The van der Waals surface area contributed by atoms with Gasteiger partial charge in [-0.2, -0.15) is 5.26 Å². The van der Waals surface area contributed by atoms with Gasteiger partial charge < -0.3 is 20.1 Å². The van der Waals surface area contributed by atoms with Gasteiger partial charge in [-0.3, -0.25) is 4.98 Å². The van der Waals surface area contributed by atoms with Crippen molar-refractivity contribution in [3.05, 3.63) is 96.2 Å². The summed E-state index contributed by atoms with van der Waals surface area (Å²) in [7, 11) is 0. The van der Waals surface area contributed by atoms with E-state index in [0.29, 0.717) is 35.0 Å². The zero-order valence-electron chi connectivity index (χ0n) is 20.4. The van der Waals surface area contributed by atoms with Crippen LogP contribution in [0.3, 0.4) is 0 Å². The Morgan fingerprint density at radius 3 is 2.42 bits per heavy atom. The average Bonchev–Trinajstić information content (AvgIpc) is 3.45. The van der Waals surface area contributed by atoms with Crippen LogP contribution >= 0.6 is 0 Å². The predicted octanol–water partition coefficient (Wildman–Crippen LogP) is 5.63. The number of pyridine rings is 1. The van der Waals surface area contributed by atoms with Crippen LogP contribution in [0, 0.1) is 28.8 Å². The maximum absolute atomic E-state index is 14.8.